The fourth-order valence-corrected chi connectivity index (χ4v) is 0.409. The minimum absolute atomic E-state index is 0.118. The van der Waals surface area contributed by atoms with Crippen molar-refractivity contribution in [2.45, 2.75) is 25.9 Å². The van der Waals surface area contributed by atoms with Gasteiger partial charge in [0, 0.05) is 0 Å². The Kier molecular flexibility index (Phi) is 4.01. The van der Waals surface area contributed by atoms with Gasteiger partial charge in [0.25, 0.3) is 0 Å². The average Bonchev–Trinajstić information content (AvgIpc) is 1.87. The SMILES string of the molecule is CCC(F)CC(=O)OC. The van der Waals surface area contributed by atoms with E-state index in [9.17, 15) is 9.18 Å². The van der Waals surface area contributed by atoms with Crippen LogP contribution in [0.3, 0.4) is 0 Å². The number of esters is 1. The van der Waals surface area contributed by atoms with E-state index in [1.165, 1.54) is 7.11 Å². The van der Waals surface area contributed by atoms with Crippen LogP contribution in [-0.2, 0) is 9.53 Å². The zero-order chi connectivity index (χ0) is 7.28. The number of methoxy groups -OCH3 is 1. The molecule has 1 unspecified atom stereocenters. The first-order valence-corrected chi connectivity index (χ1v) is 2.91. The van der Waals surface area contributed by atoms with Gasteiger partial charge in [-0.2, -0.15) is 0 Å². The number of halogens is 1. The highest BCUT2D eigenvalue weighted by atomic mass is 19.1. The second kappa shape index (κ2) is 4.30. The van der Waals surface area contributed by atoms with Crippen molar-refractivity contribution in [2.24, 2.45) is 0 Å². The van der Waals surface area contributed by atoms with Crippen molar-refractivity contribution in [1.82, 2.24) is 0 Å². The van der Waals surface area contributed by atoms with Crippen LogP contribution in [0.1, 0.15) is 19.8 Å². The normalized spacial score (nSPS) is 12.8. The standard InChI is InChI=1S/C6H11FO2/c1-3-5(7)4-6(8)9-2/h5H,3-4H2,1-2H3. The first-order valence-electron chi connectivity index (χ1n) is 2.91. The number of alkyl halides is 1. The summed E-state index contributed by atoms with van der Waals surface area (Å²) in [5.74, 6) is -0.482. The highest BCUT2D eigenvalue weighted by Gasteiger charge is 2.09. The van der Waals surface area contributed by atoms with E-state index in [1.807, 2.05) is 0 Å². The predicted molar refractivity (Wildman–Crippen MR) is 31.8 cm³/mol. The zero-order valence-corrected chi connectivity index (χ0v) is 5.69. The molecule has 0 radical (unpaired) electrons. The third-order valence-corrected chi connectivity index (χ3v) is 1.06. The lowest BCUT2D eigenvalue weighted by Crippen LogP contribution is -2.08. The second-order valence-corrected chi connectivity index (χ2v) is 1.79. The van der Waals surface area contributed by atoms with Gasteiger partial charge in [-0.1, -0.05) is 6.92 Å². The van der Waals surface area contributed by atoms with Gasteiger partial charge in [0.1, 0.15) is 6.17 Å². The molecule has 0 aromatic rings. The Balaban J connectivity index is 3.34. The Bertz CT molecular complexity index is 93.1. The lowest BCUT2D eigenvalue weighted by Gasteiger charge is -2.00. The maximum Gasteiger partial charge on any atom is 0.308 e. The van der Waals surface area contributed by atoms with Crippen LogP contribution < -0.4 is 0 Å². The lowest BCUT2D eigenvalue weighted by atomic mass is 10.2. The molecule has 3 heteroatoms. The third kappa shape index (κ3) is 3.94. The molecule has 0 N–H and O–H groups in total. The fourth-order valence-electron chi connectivity index (χ4n) is 0.409. The van der Waals surface area contributed by atoms with Crippen LogP contribution in [0.15, 0.2) is 0 Å². The van der Waals surface area contributed by atoms with Gasteiger partial charge < -0.3 is 4.74 Å². The summed E-state index contributed by atoms with van der Waals surface area (Å²) in [7, 11) is 1.25. The smallest absolute Gasteiger partial charge is 0.308 e. The monoisotopic (exact) mass is 134 g/mol. The van der Waals surface area contributed by atoms with Crippen LogP contribution >= 0.6 is 0 Å². The zero-order valence-electron chi connectivity index (χ0n) is 5.69. The molecular formula is C6H11FO2. The van der Waals surface area contributed by atoms with E-state index in [0.29, 0.717) is 6.42 Å². The summed E-state index contributed by atoms with van der Waals surface area (Å²) in [5.41, 5.74) is 0. The van der Waals surface area contributed by atoms with E-state index in [-0.39, 0.29) is 6.42 Å². The average molecular weight is 134 g/mol. The molecule has 0 heterocycles. The molecule has 1 atom stereocenters. The molecule has 0 aliphatic rings. The second-order valence-electron chi connectivity index (χ2n) is 1.79. The van der Waals surface area contributed by atoms with Crippen molar-refractivity contribution >= 4 is 5.97 Å². The van der Waals surface area contributed by atoms with Gasteiger partial charge in [-0.25, -0.2) is 4.39 Å². The highest BCUT2D eigenvalue weighted by Crippen LogP contribution is 2.02. The molecule has 0 rings (SSSR count). The van der Waals surface area contributed by atoms with Crippen LogP contribution in [0.5, 0.6) is 0 Å². The van der Waals surface area contributed by atoms with Gasteiger partial charge >= 0.3 is 5.97 Å². The lowest BCUT2D eigenvalue weighted by molar-refractivity contribution is -0.141. The summed E-state index contributed by atoms with van der Waals surface area (Å²) < 4.78 is 16.5. The Hall–Kier alpha value is -0.600. The maximum atomic E-state index is 12.3. The molecule has 54 valence electrons. The molecule has 0 spiro atoms. The predicted octanol–water partition coefficient (Wildman–Crippen LogP) is 1.30. The van der Waals surface area contributed by atoms with Crippen molar-refractivity contribution in [2.75, 3.05) is 7.11 Å². The Morgan fingerprint density at radius 1 is 1.78 bits per heavy atom. The first kappa shape index (κ1) is 8.40. The molecule has 2 nitrogen and oxygen atoms in total. The summed E-state index contributed by atoms with van der Waals surface area (Å²) in [5, 5.41) is 0. The fraction of sp³-hybridized carbons (Fsp3) is 0.833. The molecule has 0 fully saturated rings. The summed E-state index contributed by atoms with van der Waals surface area (Å²) in [4.78, 5) is 10.3. The van der Waals surface area contributed by atoms with Crippen LogP contribution in [0.25, 0.3) is 0 Å². The van der Waals surface area contributed by atoms with E-state index in [4.69, 9.17) is 0 Å². The number of hydrogen-bond donors (Lipinski definition) is 0. The third-order valence-electron chi connectivity index (χ3n) is 1.06. The van der Waals surface area contributed by atoms with E-state index >= 15 is 0 Å². The molecule has 0 saturated heterocycles. The Morgan fingerprint density at radius 3 is 2.67 bits per heavy atom. The van der Waals surface area contributed by atoms with E-state index in [2.05, 4.69) is 4.74 Å². The molecule has 0 aliphatic heterocycles. The number of carbonyl (C=O) groups is 1. The van der Waals surface area contributed by atoms with Crippen molar-refractivity contribution in [3.63, 3.8) is 0 Å². The number of carbonyl (C=O) groups excluding carboxylic acids is 1. The molecular weight excluding hydrogens is 123 g/mol. The van der Waals surface area contributed by atoms with Gasteiger partial charge in [0.2, 0.25) is 0 Å². The first-order chi connectivity index (χ1) is 4.20. The number of ether oxygens (including phenoxy) is 1. The van der Waals surface area contributed by atoms with Gasteiger partial charge in [0.05, 0.1) is 13.5 Å². The van der Waals surface area contributed by atoms with Gasteiger partial charge in [-0.3, -0.25) is 4.79 Å². The summed E-state index contributed by atoms with van der Waals surface area (Å²) in [6.07, 6.45) is -0.792. The van der Waals surface area contributed by atoms with Gasteiger partial charge in [0.15, 0.2) is 0 Å². The van der Waals surface area contributed by atoms with Crippen LogP contribution in [0, 0.1) is 0 Å². The topological polar surface area (TPSA) is 26.3 Å². The van der Waals surface area contributed by atoms with Gasteiger partial charge in [-0.05, 0) is 6.42 Å². The Labute approximate surface area is 54.0 Å². The van der Waals surface area contributed by atoms with Crippen LogP contribution in [0.2, 0.25) is 0 Å². The minimum Gasteiger partial charge on any atom is -0.469 e. The quantitative estimate of drug-likeness (QED) is 0.544. The summed E-state index contributed by atoms with van der Waals surface area (Å²) in [6, 6.07) is 0. The highest BCUT2D eigenvalue weighted by molar-refractivity contribution is 5.69. The van der Waals surface area contributed by atoms with Crippen molar-refractivity contribution in [3.05, 3.63) is 0 Å². The largest absolute Gasteiger partial charge is 0.469 e. The van der Waals surface area contributed by atoms with E-state index < -0.39 is 12.1 Å². The molecule has 0 aromatic carbocycles. The van der Waals surface area contributed by atoms with E-state index in [0.717, 1.165) is 0 Å². The Morgan fingerprint density at radius 2 is 2.33 bits per heavy atom. The molecule has 9 heavy (non-hydrogen) atoms. The summed E-state index contributed by atoms with van der Waals surface area (Å²) >= 11 is 0. The van der Waals surface area contributed by atoms with Crippen molar-refractivity contribution in [3.8, 4) is 0 Å². The van der Waals surface area contributed by atoms with Gasteiger partial charge in [-0.15, -0.1) is 0 Å². The molecule has 0 saturated carbocycles. The molecule has 0 aromatic heterocycles. The van der Waals surface area contributed by atoms with Crippen LogP contribution in [-0.4, -0.2) is 19.3 Å². The number of rotatable bonds is 3. The minimum atomic E-state index is -1.04. The van der Waals surface area contributed by atoms with Crippen LogP contribution in [0.4, 0.5) is 4.39 Å². The summed E-state index contributed by atoms with van der Waals surface area (Å²) in [6.45, 7) is 1.69. The van der Waals surface area contributed by atoms with Crippen molar-refractivity contribution < 1.29 is 13.9 Å². The van der Waals surface area contributed by atoms with E-state index in [1.54, 1.807) is 6.92 Å². The molecule has 0 bridgehead atoms. The molecule has 0 amide bonds. The van der Waals surface area contributed by atoms with Crippen molar-refractivity contribution in [1.29, 1.82) is 0 Å². The number of hydrogen-bond acceptors (Lipinski definition) is 2. The maximum absolute atomic E-state index is 12.3. The molecule has 0 aliphatic carbocycles.